The Morgan fingerprint density at radius 1 is 1.12 bits per heavy atom. The fourth-order valence-electron chi connectivity index (χ4n) is 1.94. The van der Waals surface area contributed by atoms with Crippen LogP contribution in [0.25, 0.3) is 6.08 Å². The maximum Gasteiger partial charge on any atom is 0.203 e. The monoisotopic (exact) mass is 250 g/mol. The van der Waals surface area contributed by atoms with Gasteiger partial charge in [-0.15, -0.1) is 0 Å². The molecule has 1 aromatic carbocycles. The molecule has 0 saturated heterocycles. The van der Waals surface area contributed by atoms with Gasteiger partial charge in [0.1, 0.15) is 0 Å². The van der Waals surface area contributed by atoms with Crippen LogP contribution < -0.4 is 0 Å². The van der Waals surface area contributed by atoms with Gasteiger partial charge in [0, 0.05) is 4.91 Å². The Balaban J connectivity index is 2.29. The van der Waals surface area contributed by atoms with Gasteiger partial charge < -0.3 is 0 Å². The summed E-state index contributed by atoms with van der Waals surface area (Å²) in [7, 11) is -3.21. The van der Waals surface area contributed by atoms with E-state index in [2.05, 4.69) is 20.8 Å². The molecule has 0 bridgehead atoms. The third-order valence-corrected chi connectivity index (χ3v) is 4.95. The minimum Gasteiger partial charge on any atom is -0.219 e. The number of hydrogen-bond donors (Lipinski definition) is 0. The average Bonchev–Trinajstić information content (AvgIpc) is 2.47. The SMILES string of the molecule is CC(C)(C)CCC1=Cc2ccccc2S1(=O)=O. The van der Waals surface area contributed by atoms with E-state index in [4.69, 9.17) is 0 Å². The van der Waals surface area contributed by atoms with Crippen LogP contribution in [0.2, 0.25) is 0 Å². The van der Waals surface area contributed by atoms with Gasteiger partial charge in [0.2, 0.25) is 9.84 Å². The minimum atomic E-state index is -3.21. The second-order valence-electron chi connectivity index (χ2n) is 5.71. The molecular weight excluding hydrogens is 232 g/mol. The van der Waals surface area contributed by atoms with Crippen molar-refractivity contribution >= 4 is 15.9 Å². The van der Waals surface area contributed by atoms with Gasteiger partial charge in [-0.1, -0.05) is 39.0 Å². The summed E-state index contributed by atoms with van der Waals surface area (Å²) in [6.07, 6.45) is 3.32. The number of sulfone groups is 1. The van der Waals surface area contributed by atoms with Crippen LogP contribution >= 0.6 is 0 Å². The fraction of sp³-hybridized carbons (Fsp3) is 0.429. The molecule has 3 heteroatoms. The quantitative estimate of drug-likeness (QED) is 0.803. The molecule has 0 aromatic heterocycles. The van der Waals surface area contributed by atoms with Gasteiger partial charge in [-0.2, -0.15) is 0 Å². The topological polar surface area (TPSA) is 34.1 Å². The minimum absolute atomic E-state index is 0.158. The van der Waals surface area contributed by atoms with Gasteiger partial charge in [-0.05, 0) is 36.0 Å². The molecule has 2 nitrogen and oxygen atoms in total. The molecule has 2 rings (SSSR count). The molecule has 0 N–H and O–H groups in total. The third-order valence-electron chi connectivity index (χ3n) is 2.99. The van der Waals surface area contributed by atoms with Gasteiger partial charge in [-0.25, -0.2) is 8.42 Å². The van der Waals surface area contributed by atoms with E-state index in [1.54, 1.807) is 12.1 Å². The summed E-state index contributed by atoms with van der Waals surface area (Å²) in [5.74, 6) is 0. The molecule has 0 saturated carbocycles. The second-order valence-corrected chi connectivity index (χ2v) is 7.68. The Morgan fingerprint density at radius 3 is 2.35 bits per heavy atom. The molecule has 1 aliphatic rings. The zero-order valence-corrected chi connectivity index (χ0v) is 11.3. The van der Waals surface area contributed by atoms with E-state index >= 15 is 0 Å². The lowest BCUT2D eigenvalue weighted by Crippen LogP contribution is -2.07. The van der Waals surface area contributed by atoms with Gasteiger partial charge in [0.15, 0.2) is 0 Å². The lowest BCUT2D eigenvalue weighted by Gasteiger charge is -2.17. The molecule has 0 spiro atoms. The largest absolute Gasteiger partial charge is 0.219 e. The highest BCUT2D eigenvalue weighted by molar-refractivity contribution is 7.95. The van der Waals surface area contributed by atoms with Crippen molar-refractivity contribution in [2.45, 2.75) is 38.5 Å². The number of benzene rings is 1. The summed E-state index contributed by atoms with van der Waals surface area (Å²) in [4.78, 5) is 1.03. The highest BCUT2D eigenvalue weighted by atomic mass is 32.2. The van der Waals surface area contributed by atoms with Crippen LogP contribution in [0.1, 0.15) is 39.2 Å². The van der Waals surface area contributed by atoms with E-state index in [1.165, 1.54) is 0 Å². The van der Waals surface area contributed by atoms with Crippen LogP contribution in [0.3, 0.4) is 0 Å². The molecule has 0 radical (unpaired) electrons. The number of hydrogen-bond acceptors (Lipinski definition) is 2. The first-order chi connectivity index (χ1) is 7.81. The molecule has 92 valence electrons. The molecule has 1 aromatic rings. The first kappa shape index (κ1) is 12.4. The second kappa shape index (κ2) is 3.98. The van der Waals surface area contributed by atoms with Crippen molar-refractivity contribution in [1.29, 1.82) is 0 Å². The number of rotatable bonds is 2. The molecule has 0 atom stereocenters. The number of fused-ring (bicyclic) bond motifs is 1. The molecule has 1 heterocycles. The average molecular weight is 250 g/mol. The van der Waals surface area contributed by atoms with Crippen molar-refractivity contribution in [2.75, 3.05) is 0 Å². The first-order valence-electron chi connectivity index (χ1n) is 5.85. The summed E-state index contributed by atoms with van der Waals surface area (Å²) in [5, 5.41) is 0. The smallest absolute Gasteiger partial charge is 0.203 e. The van der Waals surface area contributed by atoms with Crippen molar-refractivity contribution in [2.24, 2.45) is 5.41 Å². The summed E-state index contributed by atoms with van der Waals surface area (Å²) < 4.78 is 24.5. The van der Waals surface area contributed by atoms with Gasteiger partial charge in [-0.3, -0.25) is 0 Å². The van der Waals surface area contributed by atoms with E-state index in [-0.39, 0.29) is 5.41 Å². The Labute approximate surface area is 103 Å². The standard InChI is InChI=1S/C14H18O2S/c1-14(2,3)9-8-12-10-11-6-4-5-7-13(11)17(12,15)16/h4-7,10H,8-9H2,1-3H3. The van der Waals surface area contributed by atoms with Crippen molar-refractivity contribution in [3.63, 3.8) is 0 Å². The van der Waals surface area contributed by atoms with Crippen molar-refractivity contribution < 1.29 is 8.42 Å². The van der Waals surface area contributed by atoms with E-state index in [0.717, 1.165) is 12.0 Å². The maximum absolute atomic E-state index is 12.2. The predicted octanol–water partition coefficient (Wildman–Crippen LogP) is 3.64. The fourth-order valence-corrected chi connectivity index (χ4v) is 3.57. The Morgan fingerprint density at radius 2 is 1.76 bits per heavy atom. The molecule has 0 unspecified atom stereocenters. The van der Waals surface area contributed by atoms with Crippen LogP contribution in [0, 0.1) is 5.41 Å². The van der Waals surface area contributed by atoms with E-state index in [9.17, 15) is 8.42 Å². The van der Waals surface area contributed by atoms with E-state index < -0.39 is 9.84 Å². The zero-order valence-electron chi connectivity index (χ0n) is 10.5. The van der Waals surface area contributed by atoms with E-state index in [1.807, 2.05) is 18.2 Å². The molecule has 0 amide bonds. The summed E-state index contributed by atoms with van der Waals surface area (Å²) in [6.45, 7) is 6.38. The third kappa shape index (κ3) is 2.44. The van der Waals surface area contributed by atoms with Crippen molar-refractivity contribution in [1.82, 2.24) is 0 Å². The maximum atomic E-state index is 12.2. The molecular formula is C14H18O2S. The van der Waals surface area contributed by atoms with Crippen LogP contribution in [0.5, 0.6) is 0 Å². The molecule has 17 heavy (non-hydrogen) atoms. The van der Waals surface area contributed by atoms with Gasteiger partial charge in [0.05, 0.1) is 4.90 Å². The molecule has 0 aliphatic carbocycles. The summed E-state index contributed by atoms with van der Waals surface area (Å²) in [5.41, 5.74) is 0.988. The number of allylic oxidation sites excluding steroid dienone is 1. The van der Waals surface area contributed by atoms with Crippen LogP contribution in [-0.2, 0) is 9.84 Å². The summed E-state index contributed by atoms with van der Waals surface area (Å²) in [6, 6.07) is 7.19. The molecule has 1 aliphatic heterocycles. The van der Waals surface area contributed by atoms with E-state index in [0.29, 0.717) is 16.2 Å². The Bertz CT molecular complexity index is 560. The highest BCUT2D eigenvalue weighted by Crippen LogP contribution is 2.36. The van der Waals surface area contributed by atoms with Crippen LogP contribution in [-0.4, -0.2) is 8.42 Å². The van der Waals surface area contributed by atoms with Crippen LogP contribution in [0.4, 0.5) is 0 Å². The predicted molar refractivity (Wildman–Crippen MR) is 70.3 cm³/mol. The lowest BCUT2D eigenvalue weighted by molar-refractivity contribution is 0.380. The lowest BCUT2D eigenvalue weighted by atomic mass is 9.90. The van der Waals surface area contributed by atoms with Gasteiger partial charge in [0.25, 0.3) is 0 Å². The van der Waals surface area contributed by atoms with Crippen LogP contribution in [0.15, 0.2) is 34.1 Å². The Hall–Kier alpha value is -1.09. The first-order valence-corrected chi connectivity index (χ1v) is 7.34. The van der Waals surface area contributed by atoms with Crippen molar-refractivity contribution in [3.8, 4) is 0 Å². The highest BCUT2D eigenvalue weighted by Gasteiger charge is 2.29. The summed E-state index contributed by atoms with van der Waals surface area (Å²) >= 11 is 0. The molecule has 0 fully saturated rings. The van der Waals surface area contributed by atoms with Gasteiger partial charge >= 0.3 is 0 Å². The van der Waals surface area contributed by atoms with Crippen molar-refractivity contribution in [3.05, 3.63) is 34.7 Å². The normalized spacial score (nSPS) is 17.7. The zero-order chi connectivity index (χ0) is 12.7. The Kier molecular flexibility index (Phi) is 2.90.